The quantitative estimate of drug-likeness (QED) is 0.920. The van der Waals surface area contributed by atoms with E-state index in [2.05, 4.69) is 20.3 Å². The average molecular weight is 337 g/mol. The summed E-state index contributed by atoms with van der Waals surface area (Å²) in [5.74, 6) is 1.47. The molecule has 0 aliphatic carbocycles. The van der Waals surface area contributed by atoms with Crippen LogP contribution in [-0.4, -0.2) is 22.4 Å². The monoisotopic (exact) mass is 336 g/mol. The molecule has 1 unspecified atom stereocenters. The number of aromatic nitrogens is 2. The third-order valence-electron chi connectivity index (χ3n) is 3.34. The maximum Gasteiger partial charge on any atom is 0.155 e. The topological polar surface area (TPSA) is 59.4 Å². The number of benzene rings is 1. The Labute approximate surface area is 138 Å². The van der Waals surface area contributed by atoms with Crippen LogP contribution < -0.4 is 5.32 Å². The van der Waals surface area contributed by atoms with Crippen LogP contribution in [-0.2, 0) is 11.3 Å². The van der Waals surface area contributed by atoms with Crippen LogP contribution in [0.25, 0.3) is 0 Å². The molecule has 22 heavy (non-hydrogen) atoms. The van der Waals surface area contributed by atoms with Crippen LogP contribution in [0.5, 0.6) is 0 Å². The Balaban J connectivity index is 1.61. The molecule has 1 N–H and O–H groups in total. The van der Waals surface area contributed by atoms with Gasteiger partial charge in [-0.2, -0.15) is 0 Å². The molecule has 2 heterocycles. The first kappa shape index (κ1) is 15.2. The molecule has 7 heteroatoms. The Bertz CT molecular complexity index is 720. The van der Waals surface area contributed by atoms with Crippen molar-refractivity contribution in [1.82, 2.24) is 9.97 Å². The molecular weight excluding hydrogens is 323 g/mol. The molecule has 0 saturated carbocycles. The van der Waals surface area contributed by atoms with E-state index in [1.807, 2.05) is 19.1 Å². The van der Waals surface area contributed by atoms with Crippen molar-refractivity contribution >= 4 is 34.9 Å². The minimum atomic E-state index is -0.123. The van der Waals surface area contributed by atoms with Gasteiger partial charge in [0, 0.05) is 12.4 Å². The Hall–Kier alpha value is -1.69. The van der Waals surface area contributed by atoms with Crippen LogP contribution in [0.4, 0.5) is 5.82 Å². The van der Waals surface area contributed by atoms with E-state index in [1.54, 1.807) is 18.5 Å². The summed E-state index contributed by atoms with van der Waals surface area (Å²) in [5.41, 5.74) is 1.80. The summed E-state index contributed by atoms with van der Waals surface area (Å²) in [7, 11) is 0. The fraction of sp³-hybridized carbons (Fsp3) is 0.267. The summed E-state index contributed by atoms with van der Waals surface area (Å²) in [6.45, 7) is 2.82. The molecule has 0 fully saturated rings. The highest BCUT2D eigenvalue weighted by Crippen LogP contribution is 2.27. The second-order valence-corrected chi connectivity index (χ2v) is 5.68. The first-order valence-electron chi connectivity index (χ1n) is 6.80. The van der Waals surface area contributed by atoms with Gasteiger partial charge in [-0.3, -0.25) is 9.98 Å². The summed E-state index contributed by atoms with van der Waals surface area (Å²) in [5, 5.41) is 4.18. The van der Waals surface area contributed by atoms with Crippen LogP contribution in [0.3, 0.4) is 0 Å². The summed E-state index contributed by atoms with van der Waals surface area (Å²) < 4.78 is 5.83. The highest BCUT2D eigenvalue weighted by molar-refractivity contribution is 6.42. The average Bonchev–Trinajstić information content (AvgIpc) is 2.55. The first-order valence-corrected chi connectivity index (χ1v) is 7.56. The van der Waals surface area contributed by atoms with Gasteiger partial charge in [0.05, 0.1) is 22.7 Å². The van der Waals surface area contributed by atoms with Crippen LogP contribution >= 0.6 is 23.2 Å². The number of nitrogens with one attached hydrogen (secondary N) is 1. The molecule has 0 spiro atoms. The standard InChI is InChI=1S/C15H14Cl2N4O/c1-9(10-2-3-11(16)12(17)6-10)22-8-14-20-7-13-15(21-14)19-5-4-18-13/h2-6,9H,7-8H2,1H3,(H,19,20,21). The largest absolute Gasteiger partial charge is 0.366 e. The summed E-state index contributed by atoms with van der Waals surface area (Å²) in [6, 6.07) is 5.47. The second-order valence-electron chi connectivity index (χ2n) is 4.87. The van der Waals surface area contributed by atoms with Crippen LogP contribution in [0, 0.1) is 0 Å². The molecule has 1 aliphatic rings. The molecule has 5 nitrogen and oxygen atoms in total. The predicted octanol–water partition coefficient (Wildman–Crippen LogP) is 3.89. The zero-order valence-electron chi connectivity index (χ0n) is 11.9. The third-order valence-corrected chi connectivity index (χ3v) is 4.08. The fourth-order valence-corrected chi connectivity index (χ4v) is 2.39. The number of hydrogen-bond donors (Lipinski definition) is 1. The van der Waals surface area contributed by atoms with Crippen LogP contribution in [0.15, 0.2) is 35.6 Å². The van der Waals surface area contributed by atoms with Gasteiger partial charge >= 0.3 is 0 Å². The van der Waals surface area contributed by atoms with E-state index in [4.69, 9.17) is 27.9 Å². The predicted molar refractivity (Wildman–Crippen MR) is 87.6 cm³/mol. The maximum atomic E-state index is 6.02. The number of amidine groups is 1. The Kier molecular flexibility index (Phi) is 4.57. The van der Waals surface area contributed by atoms with E-state index >= 15 is 0 Å². The van der Waals surface area contributed by atoms with Gasteiger partial charge in [-0.05, 0) is 24.6 Å². The lowest BCUT2D eigenvalue weighted by atomic mass is 10.1. The van der Waals surface area contributed by atoms with Crippen molar-refractivity contribution in [2.24, 2.45) is 4.99 Å². The lowest BCUT2D eigenvalue weighted by Crippen LogP contribution is -2.25. The SMILES string of the molecule is CC(OCC1=NCc2nccnc2N1)c1ccc(Cl)c(Cl)c1. The molecule has 1 aliphatic heterocycles. The highest BCUT2D eigenvalue weighted by Gasteiger charge is 2.15. The number of rotatable bonds is 4. The number of nitrogens with zero attached hydrogens (tertiary/aromatic N) is 3. The molecule has 2 aromatic rings. The number of aliphatic imine (C=N–C) groups is 1. The number of anilines is 1. The Morgan fingerprint density at radius 1 is 1.23 bits per heavy atom. The fourth-order valence-electron chi connectivity index (χ4n) is 2.08. The minimum Gasteiger partial charge on any atom is -0.366 e. The van der Waals surface area contributed by atoms with Crippen molar-refractivity contribution in [3.8, 4) is 0 Å². The number of hydrogen-bond acceptors (Lipinski definition) is 5. The minimum absolute atomic E-state index is 0.123. The first-order chi connectivity index (χ1) is 10.6. The smallest absolute Gasteiger partial charge is 0.155 e. The van der Waals surface area contributed by atoms with E-state index in [0.29, 0.717) is 23.2 Å². The van der Waals surface area contributed by atoms with Gasteiger partial charge in [0.25, 0.3) is 0 Å². The normalized spacial score (nSPS) is 14.8. The van der Waals surface area contributed by atoms with E-state index in [0.717, 1.165) is 22.9 Å². The van der Waals surface area contributed by atoms with Gasteiger partial charge in [-0.25, -0.2) is 4.98 Å². The third kappa shape index (κ3) is 3.38. The number of halogens is 2. The molecule has 114 valence electrons. The van der Waals surface area contributed by atoms with Gasteiger partial charge in [0.15, 0.2) is 5.82 Å². The molecule has 0 radical (unpaired) electrons. The van der Waals surface area contributed by atoms with Crippen LogP contribution in [0.1, 0.15) is 24.3 Å². The summed E-state index contributed by atoms with van der Waals surface area (Å²) in [6.07, 6.45) is 3.18. The maximum absolute atomic E-state index is 6.02. The molecule has 0 amide bonds. The van der Waals surface area contributed by atoms with Crippen molar-refractivity contribution in [3.63, 3.8) is 0 Å². The molecular formula is C15H14Cl2N4O. The van der Waals surface area contributed by atoms with Crippen molar-refractivity contribution < 1.29 is 4.74 Å². The number of fused-ring (bicyclic) bond motifs is 1. The van der Waals surface area contributed by atoms with Gasteiger partial charge in [0.1, 0.15) is 18.1 Å². The summed E-state index contributed by atoms with van der Waals surface area (Å²) in [4.78, 5) is 12.8. The van der Waals surface area contributed by atoms with Crippen molar-refractivity contribution in [3.05, 3.63) is 51.9 Å². The summed E-state index contributed by atoms with van der Waals surface area (Å²) >= 11 is 11.9. The van der Waals surface area contributed by atoms with E-state index < -0.39 is 0 Å². The lowest BCUT2D eigenvalue weighted by molar-refractivity contribution is 0.0963. The highest BCUT2D eigenvalue weighted by atomic mass is 35.5. The van der Waals surface area contributed by atoms with E-state index in [1.165, 1.54) is 0 Å². The van der Waals surface area contributed by atoms with E-state index in [9.17, 15) is 0 Å². The number of ether oxygens (including phenoxy) is 1. The molecule has 1 atom stereocenters. The second kappa shape index (κ2) is 6.60. The van der Waals surface area contributed by atoms with Gasteiger partial charge in [0.2, 0.25) is 0 Å². The Morgan fingerprint density at radius 3 is 2.86 bits per heavy atom. The van der Waals surface area contributed by atoms with Gasteiger partial charge in [-0.1, -0.05) is 29.3 Å². The van der Waals surface area contributed by atoms with Crippen LogP contribution in [0.2, 0.25) is 10.0 Å². The lowest BCUT2D eigenvalue weighted by Gasteiger charge is -2.19. The molecule has 1 aromatic heterocycles. The zero-order valence-corrected chi connectivity index (χ0v) is 13.4. The van der Waals surface area contributed by atoms with Gasteiger partial charge in [-0.15, -0.1) is 0 Å². The molecule has 0 saturated heterocycles. The zero-order chi connectivity index (χ0) is 15.5. The molecule has 1 aromatic carbocycles. The van der Waals surface area contributed by atoms with Crippen molar-refractivity contribution in [1.29, 1.82) is 0 Å². The van der Waals surface area contributed by atoms with Gasteiger partial charge < -0.3 is 10.1 Å². The molecule has 0 bridgehead atoms. The van der Waals surface area contributed by atoms with Crippen molar-refractivity contribution in [2.75, 3.05) is 11.9 Å². The molecule has 3 rings (SSSR count). The van der Waals surface area contributed by atoms with E-state index in [-0.39, 0.29) is 6.10 Å². The van der Waals surface area contributed by atoms with Crippen molar-refractivity contribution in [2.45, 2.75) is 19.6 Å². The Morgan fingerprint density at radius 2 is 2.05 bits per heavy atom.